The molecule has 0 spiro atoms. The predicted molar refractivity (Wildman–Crippen MR) is 107 cm³/mol. The molecule has 0 radical (unpaired) electrons. The van der Waals surface area contributed by atoms with E-state index in [-0.39, 0.29) is 36.0 Å². The average molecular weight is 426 g/mol. The molecule has 0 saturated carbocycles. The van der Waals surface area contributed by atoms with Crippen LogP contribution in [0.1, 0.15) is 30.2 Å². The molecule has 0 unspecified atom stereocenters. The van der Waals surface area contributed by atoms with E-state index in [4.69, 9.17) is 4.42 Å². The summed E-state index contributed by atoms with van der Waals surface area (Å²) in [6.07, 6.45) is 2.59. The molecule has 5 heterocycles. The molecule has 162 valence electrons. The van der Waals surface area contributed by atoms with Crippen molar-refractivity contribution in [3.05, 3.63) is 62.5 Å². The molecule has 3 aliphatic heterocycles. The number of nitro groups is 1. The third-order valence-electron chi connectivity index (χ3n) is 6.58. The number of hydrogen-bond acceptors (Lipinski definition) is 6. The highest BCUT2D eigenvalue weighted by Gasteiger charge is 2.42. The topological polar surface area (TPSA) is 119 Å². The fourth-order valence-electron chi connectivity index (χ4n) is 5.19. The molecule has 3 atom stereocenters. The van der Waals surface area contributed by atoms with Gasteiger partial charge in [-0.1, -0.05) is 0 Å². The molecule has 5 rings (SSSR count). The lowest BCUT2D eigenvalue weighted by molar-refractivity contribution is -0.386. The van der Waals surface area contributed by atoms with Gasteiger partial charge in [0.1, 0.15) is 5.76 Å². The molecule has 2 aromatic heterocycles. The van der Waals surface area contributed by atoms with Crippen LogP contribution in [-0.4, -0.2) is 50.7 Å². The first-order chi connectivity index (χ1) is 14.9. The number of pyridine rings is 1. The molecule has 31 heavy (non-hydrogen) atoms. The van der Waals surface area contributed by atoms with Crippen molar-refractivity contribution in [3.8, 4) is 0 Å². The van der Waals surface area contributed by atoms with E-state index < -0.39 is 16.2 Å². The lowest BCUT2D eigenvalue weighted by Gasteiger charge is -2.43. The van der Waals surface area contributed by atoms with E-state index in [0.717, 1.165) is 12.1 Å². The average Bonchev–Trinajstić information content (AvgIpc) is 3.38. The Morgan fingerprint density at radius 3 is 2.74 bits per heavy atom. The third-order valence-corrected chi connectivity index (χ3v) is 6.58. The van der Waals surface area contributed by atoms with Gasteiger partial charge in [-0.3, -0.25) is 24.5 Å². The maximum absolute atomic E-state index is 13.2. The van der Waals surface area contributed by atoms with Crippen LogP contribution in [0, 0.1) is 22.0 Å². The Morgan fingerprint density at radius 2 is 2.00 bits per heavy atom. The molecule has 0 N–H and O–H groups in total. The van der Waals surface area contributed by atoms with E-state index in [1.54, 1.807) is 29.4 Å². The molecule has 2 bridgehead atoms. The van der Waals surface area contributed by atoms with E-state index >= 15 is 0 Å². The van der Waals surface area contributed by atoms with Crippen molar-refractivity contribution in [2.75, 3.05) is 19.6 Å². The Kier molecular flexibility index (Phi) is 4.64. The highest BCUT2D eigenvalue weighted by atomic mass is 16.6. The van der Waals surface area contributed by atoms with Gasteiger partial charge < -0.3 is 18.8 Å². The quantitative estimate of drug-likeness (QED) is 0.538. The Hall–Kier alpha value is -3.43. The summed E-state index contributed by atoms with van der Waals surface area (Å²) in [7, 11) is 0. The molecule has 0 aromatic carbocycles. The molecule has 2 saturated heterocycles. The van der Waals surface area contributed by atoms with Crippen LogP contribution in [0.2, 0.25) is 0 Å². The summed E-state index contributed by atoms with van der Waals surface area (Å²) in [5, 5.41) is 11.1. The van der Waals surface area contributed by atoms with Crippen molar-refractivity contribution in [1.29, 1.82) is 0 Å². The molecule has 10 nitrogen and oxygen atoms in total. The zero-order chi connectivity index (χ0) is 21.7. The predicted octanol–water partition coefficient (Wildman–Crippen LogP) is 1.34. The summed E-state index contributed by atoms with van der Waals surface area (Å²) in [6.45, 7) is 2.04. The summed E-state index contributed by atoms with van der Waals surface area (Å²) in [5.41, 5.74) is -0.254. The number of likely N-dealkylation sites (tertiary alicyclic amines) is 2. The fraction of sp³-hybridized carbons (Fsp3) is 0.476. The van der Waals surface area contributed by atoms with Gasteiger partial charge in [-0.15, -0.1) is 0 Å². The molecule has 2 amide bonds. The second-order valence-corrected chi connectivity index (χ2v) is 8.61. The fourth-order valence-corrected chi connectivity index (χ4v) is 5.19. The monoisotopic (exact) mass is 426 g/mol. The van der Waals surface area contributed by atoms with Gasteiger partial charge in [0.25, 0.3) is 0 Å². The number of carbonyl (C=O) groups excluding carboxylic acids is 2. The zero-order valence-electron chi connectivity index (χ0n) is 16.8. The van der Waals surface area contributed by atoms with Crippen molar-refractivity contribution in [1.82, 2.24) is 14.4 Å². The van der Waals surface area contributed by atoms with E-state index in [1.807, 2.05) is 4.90 Å². The van der Waals surface area contributed by atoms with E-state index in [2.05, 4.69) is 0 Å². The number of piperidine rings is 1. The van der Waals surface area contributed by atoms with Crippen molar-refractivity contribution < 1.29 is 18.9 Å². The van der Waals surface area contributed by atoms with Crippen LogP contribution in [0.15, 0.2) is 39.7 Å². The number of hydrogen-bond donors (Lipinski definition) is 0. The second-order valence-electron chi connectivity index (χ2n) is 8.61. The van der Waals surface area contributed by atoms with Crippen molar-refractivity contribution in [2.45, 2.75) is 31.8 Å². The lowest BCUT2D eigenvalue weighted by atomic mass is 9.82. The zero-order valence-corrected chi connectivity index (χ0v) is 16.8. The summed E-state index contributed by atoms with van der Waals surface area (Å²) in [4.78, 5) is 52.0. The molecule has 0 aliphatic carbocycles. The molecule has 10 heteroatoms. The molecule has 3 aliphatic rings. The van der Waals surface area contributed by atoms with Crippen LogP contribution in [0.4, 0.5) is 5.69 Å². The number of furan rings is 1. The molecular weight excluding hydrogens is 404 g/mol. The largest absolute Gasteiger partial charge is 0.467 e. The number of carbonyl (C=O) groups is 2. The van der Waals surface area contributed by atoms with Crippen molar-refractivity contribution >= 4 is 17.5 Å². The van der Waals surface area contributed by atoms with Crippen LogP contribution in [-0.2, 0) is 22.7 Å². The first-order valence-corrected chi connectivity index (χ1v) is 10.4. The summed E-state index contributed by atoms with van der Waals surface area (Å²) < 4.78 is 6.82. The number of rotatable bonds is 4. The standard InChI is InChI=1S/C21H22N4O6/c26-19-7-15(11-22(19)12-16-2-1-5-31-16)20(27)23-8-13-6-14(10-23)17-3-4-18(25(29)30)21(28)24(17)9-13/h1-5,13-15H,6-12H2/t13-,14-,15-/m1/s1. The van der Waals surface area contributed by atoms with Gasteiger partial charge in [-0.2, -0.15) is 0 Å². The first-order valence-electron chi connectivity index (χ1n) is 10.4. The van der Waals surface area contributed by atoms with Crippen molar-refractivity contribution in [2.24, 2.45) is 11.8 Å². The van der Waals surface area contributed by atoms with Crippen LogP contribution < -0.4 is 5.56 Å². The minimum Gasteiger partial charge on any atom is -0.467 e. The van der Waals surface area contributed by atoms with E-state index in [0.29, 0.717) is 38.5 Å². The van der Waals surface area contributed by atoms with Gasteiger partial charge in [0.05, 0.1) is 23.6 Å². The summed E-state index contributed by atoms with van der Waals surface area (Å²) in [5.74, 6) is 0.219. The Bertz CT molecular complexity index is 1110. The van der Waals surface area contributed by atoms with Gasteiger partial charge >= 0.3 is 11.2 Å². The minimum absolute atomic E-state index is 0.0392. The smallest absolute Gasteiger partial charge is 0.334 e. The second kappa shape index (κ2) is 7.36. The minimum atomic E-state index is -0.651. The number of nitrogens with zero attached hydrogens (tertiary/aromatic N) is 4. The molecule has 2 aromatic rings. The maximum Gasteiger partial charge on any atom is 0.334 e. The van der Waals surface area contributed by atoms with Crippen LogP contribution >= 0.6 is 0 Å². The van der Waals surface area contributed by atoms with Crippen LogP contribution in [0.3, 0.4) is 0 Å². The highest BCUT2D eigenvalue weighted by molar-refractivity contribution is 5.89. The normalized spacial score (nSPS) is 24.9. The van der Waals surface area contributed by atoms with Gasteiger partial charge in [0.2, 0.25) is 11.8 Å². The van der Waals surface area contributed by atoms with E-state index in [1.165, 1.54) is 10.6 Å². The summed E-state index contributed by atoms with van der Waals surface area (Å²) in [6, 6.07) is 6.47. The lowest BCUT2D eigenvalue weighted by Crippen LogP contribution is -2.51. The van der Waals surface area contributed by atoms with Gasteiger partial charge in [-0.25, -0.2) is 0 Å². The summed E-state index contributed by atoms with van der Waals surface area (Å²) >= 11 is 0. The van der Waals surface area contributed by atoms with Gasteiger partial charge in [0, 0.05) is 50.3 Å². The van der Waals surface area contributed by atoms with Crippen LogP contribution in [0.25, 0.3) is 0 Å². The maximum atomic E-state index is 13.2. The molecule has 2 fully saturated rings. The van der Waals surface area contributed by atoms with Gasteiger partial charge in [0.15, 0.2) is 0 Å². The Labute approximate surface area is 177 Å². The first kappa shape index (κ1) is 19.5. The number of fused-ring (bicyclic) bond motifs is 4. The van der Waals surface area contributed by atoms with Gasteiger partial charge in [-0.05, 0) is 30.5 Å². The van der Waals surface area contributed by atoms with Crippen molar-refractivity contribution in [3.63, 3.8) is 0 Å². The Balaban J connectivity index is 1.31. The third kappa shape index (κ3) is 3.41. The van der Waals surface area contributed by atoms with E-state index in [9.17, 15) is 24.5 Å². The molecular formula is C21H22N4O6. The number of aromatic nitrogens is 1. The van der Waals surface area contributed by atoms with Crippen LogP contribution in [0.5, 0.6) is 0 Å². The SMILES string of the molecule is O=C1C[C@@H](C(=O)N2C[C@H]3C[C@H](C2)c2ccc([N+](=O)[O-])c(=O)n2C3)CN1Cc1ccco1. The highest BCUT2D eigenvalue weighted by Crippen LogP contribution is 2.36. The number of amides is 2. The Morgan fingerprint density at radius 1 is 1.16 bits per heavy atom.